The minimum atomic E-state index is -3.38. The zero-order valence-corrected chi connectivity index (χ0v) is 14.7. The van der Waals surface area contributed by atoms with Gasteiger partial charge in [0.1, 0.15) is 10.7 Å². The first-order valence-electron chi connectivity index (χ1n) is 6.75. The van der Waals surface area contributed by atoms with Gasteiger partial charge in [0, 0.05) is 22.0 Å². The Bertz CT molecular complexity index is 1060. The third kappa shape index (κ3) is 3.28. The van der Waals surface area contributed by atoms with E-state index in [4.69, 9.17) is 11.6 Å². The highest BCUT2D eigenvalue weighted by Gasteiger charge is 2.18. The number of amides is 1. The molecule has 0 aliphatic heterocycles. The molecular weight excluding hydrogens is 373 g/mol. The van der Waals surface area contributed by atoms with Crippen LogP contribution in [-0.2, 0) is 9.84 Å². The van der Waals surface area contributed by atoms with Crippen LogP contribution in [0.4, 0.5) is 10.1 Å². The van der Waals surface area contributed by atoms with Crippen molar-refractivity contribution in [3.8, 4) is 0 Å². The second-order valence-electron chi connectivity index (χ2n) is 5.14. The highest BCUT2D eigenvalue weighted by Crippen LogP contribution is 2.36. The lowest BCUT2D eigenvalue weighted by atomic mass is 10.2. The SMILES string of the molecule is CS(=O)(=O)c1cccc(NC(=O)c2sc3cc(F)ccc3c2Cl)c1. The van der Waals surface area contributed by atoms with Crippen LogP contribution in [0.3, 0.4) is 0 Å². The predicted octanol–water partition coefficient (Wildman–Crippen LogP) is 4.35. The van der Waals surface area contributed by atoms with Crippen LogP contribution in [0, 0.1) is 5.82 Å². The van der Waals surface area contributed by atoms with Crippen LogP contribution in [0.2, 0.25) is 5.02 Å². The van der Waals surface area contributed by atoms with Gasteiger partial charge in [-0.25, -0.2) is 12.8 Å². The largest absolute Gasteiger partial charge is 0.321 e. The lowest BCUT2D eigenvalue weighted by molar-refractivity contribution is 0.103. The van der Waals surface area contributed by atoms with Crippen molar-refractivity contribution in [2.75, 3.05) is 11.6 Å². The van der Waals surface area contributed by atoms with Gasteiger partial charge < -0.3 is 5.32 Å². The molecule has 3 rings (SSSR count). The molecule has 0 saturated heterocycles. The summed E-state index contributed by atoms with van der Waals surface area (Å²) in [6.45, 7) is 0. The molecule has 0 radical (unpaired) electrons. The van der Waals surface area contributed by atoms with Gasteiger partial charge in [-0.15, -0.1) is 11.3 Å². The quantitative estimate of drug-likeness (QED) is 0.731. The van der Waals surface area contributed by atoms with E-state index in [1.807, 2.05) is 0 Å². The maximum absolute atomic E-state index is 13.3. The summed E-state index contributed by atoms with van der Waals surface area (Å²) in [7, 11) is -3.38. The number of sulfone groups is 1. The van der Waals surface area contributed by atoms with Crippen molar-refractivity contribution in [2.24, 2.45) is 0 Å². The molecule has 0 aliphatic carbocycles. The van der Waals surface area contributed by atoms with E-state index in [0.717, 1.165) is 17.6 Å². The van der Waals surface area contributed by atoms with Crippen LogP contribution in [0.15, 0.2) is 47.4 Å². The van der Waals surface area contributed by atoms with Crippen molar-refractivity contribution in [2.45, 2.75) is 4.90 Å². The second kappa shape index (κ2) is 6.16. The Kier molecular flexibility index (Phi) is 4.33. The fourth-order valence-corrected chi connectivity index (χ4v) is 4.28. The van der Waals surface area contributed by atoms with Crippen LogP contribution in [0.25, 0.3) is 10.1 Å². The number of fused-ring (bicyclic) bond motifs is 1. The summed E-state index contributed by atoms with van der Waals surface area (Å²) < 4.78 is 37.0. The number of anilines is 1. The summed E-state index contributed by atoms with van der Waals surface area (Å²) in [6, 6.07) is 10.0. The Morgan fingerprint density at radius 2 is 1.96 bits per heavy atom. The smallest absolute Gasteiger partial charge is 0.267 e. The van der Waals surface area contributed by atoms with Crippen molar-refractivity contribution in [1.82, 2.24) is 0 Å². The number of hydrogen-bond donors (Lipinski definition) is 1. The fraction of sp³-hybridized carbons (Fsp3) is 0.0625. The lowest BCUT2D eigenvalue weighted by Gasteiger charge is -2.06. The molecule has 0 spiro atoms. The molecule has 4 nitrogen and oxygen atoms in total. The van der Waals surface area contributed by atoms with Gasteiger partial charge in [0.25, 0.3) is 5.91 Å². The van der Waals surface area contributed by atoms with E-state index >= 15 is 0 Å². The zero-order chi connectivity index (χ0) is 17.5. The highest BCUT2D eigenvalue weighted by atomic mass is 35.5. The molecule has 8 heteroatoms. The van der Waals surface area contributed by atoms with Gasteiger partial charge in [-0.3, -0.25) is 4.79 Å². The molecule has 0 saturated carbocycles. The number of halogens is 2. The number of benzene rings is 2. The Hall–Kier alpha value is -1.96. The van der Waals surface area contributed by atoms with Crippen molar-refractivity contribution in [3.05, 3.63) is 58.2 Å². The first-order valence-corrected chi connectivity index (χ1v) is 9.83. The second-order valence-corrected chi connectivity index (χ2v) is 8.59. The Morgan fingerprint density at radius 3 is 2.67 bits per heavy atom. The molecule has 0 atom stereocenters. The molecule has 1 heterocycles. The lowest BCUT2D eigenvalue weighted by Crippen LogP contribution is -2.11. The molecule has 2 aromatic carbocycles. The Labute approximate surface area is 146 Å². The Balaban J connectivity index is 1.95. The normalized spacial score (nSPS) is 11.6. The number of carbonyl (C=O) groups excluding carboxylic acids is 1. The minimum absolute atomic E-state index is 0.102. The van der Waals surface area contributed by atoms with Crippen LogP contribution in [0.1, 0.15) is 9.67 Å². The van der Waals surface area contributed by atoms with Crippen molar-refractivity contribution >= 4 is 54.5 Å². The first-order chi connectivity index (χ1) is 11.3. The van der Waals surface area contributed by atoms with E-state index in [-0.39, 0.29) is 14.8 Å². The standard InChI is InChI=1S/C16H11ClFNO3S2/c1-24(21,22)11-4-2-3-10(8-11)19-16(20)15-14(17)12-6-5-9(18)7-13(12)23-15/h2-8H,1H3,(H,19,20). The van der Waals surface area contributed by atoms with E-state index < -0.39 is 21.6 Å². The monoisotopic (exact) mass is 383 g/mol. The molecule has 0 bridgehead atoms. The average molecular weight is 384 g/mol. The third-order valence-electron chi connectivity index (χ3n) is 3.32. The molecule has 1 aromatic heterocycles. The molecule has 124 valence electrons. The predicted molar refractivity (Wildman–Crippen MR) is 94.3 cm³/mol. The van der Waals surface area contributed by atoms with E-state index in [9.17, 15) is 17.6 Å². The van der Waals surface area contributed by atoms with Crippen molar-refractivity contribution in [3.63, 3.8) is 0 Å². The van der Waals surface area contributed by atoms with Crippen LogP contribution >= 0.6 is 22.9 Å². The van der Waals surface area contributed by atoms with Gasteiger partial charge in [0.2, 0.25) is 0 Å². The maximum atomic E-state index is 13.3. The summed E-state index contributed by atoms with van der Waals surface area (Å²) in [4.78, 5) is 12.8. The number of hydrogen-bond acceptors (Lipinski definition) is 4. The van der Waals surface area contributed by atoms with Crippen molar-refractivity contribution < 1.29 is 17.6 Å². The highest BCUT2D eigenvalue weighted by molar-refractivity contribution is 7.90. The van der Waals surface area contributed by atoms with Gasteiger partial charge >= 0.3 is 0 Å². The van der Waals surface area contributed by atoms with Gasteiger partial charge in [-0.2, -0.15) is 0 Å². The van der Waals surface area contributed by atoms with E-state index in [2.05, 4.69) is 5.32 Å². The molecular formula is C16H11ClFNO3S2. The summed E-state index contributed by atoms with van der Waals surface area (Å²) in [6.07, 6.45) is 1.09. The number of rotatable bonds is 3. The molecule has 0 unspecified atom stereocenters. The third-order valence-corrected chi connectivity index (χ3v) is 6.08. The van der Waals surface area contributed by atoms with Gasteiger partial charge in [-0.05, 0) is 36.4 Å². The zero-order valence-electron chi connectivity index (χ0n) is 12.3. The average Bonchev–Trinajstić information content (AvgIpc) is 2.83. The van der Waals surface area contributed by atoms with E-state index in [1.54, 1.807) is 6.07 Å². The number of nitrogens with one attached hydrogen (secondary N) is 1. The number of thiophene rings is 1. The molecule has 1 N–H and O–H groups in total. The fourth-order valence-electron chi connectivity index (χ4n) is 2.18. The van der Waals surface area contributed by atoms with Crippen LogP contribution in [-0.4, -0.2) is 20.6 Å². The minimum Gasteiger partial charge on any atom is -0.321 e. The maximum Gasteiger partial charge on any atom is 0.267 e. The van der Waals surface area contributed by atoms with E-state index in [1.165, 1.54) is 36.4 Å². The van der Waals surface area contributed by atoms with Crippen molar-refractivity contribution in [1.29, 1.82) is 0 Å². The first kappa shape index (κ1) is 16.9. The van der Waals surface area contributed by atoms with Gasteiger partial charge in [0.05, 0.1) is 9.92 Å². The van der Waals surface area contributed by atoms with E-state index in [0.29, 0.717) is 15.8 Å². The van der Waals surface area contributed by atoms with Crippen LogP contribution < -0.4 is 5.32 Å². The van der Waals surface area contributed by atoms with Gasteiger partial charge in [-0.1, -0.05) is 17.7 Å². The molecule has 0 aliphatic rings. The molecule has 1 amide bonds. The summed E-state index contributed by atoms with van der Waals surface area (Å²) in [5, 5.41) is 3.45. The summed E-state index contributed by atoms with van der Waals surface area (Å²) in [5.41, 5.74) is 0.336. The topological polar surface area (TPSA) is 63.2 Å². The summed E-state index contributed by atoms with van der Waals surface area (Å²) in [5.74, 6) is -0.888. The summed E-state index contributed by atoms with van der Waals surface area (Å²) >= 11 is 7.28. The molecule has 0 fully saturated rings. The van der Waals surface area contributed by atoms with Crippen LogP contribution in [0.5, 0.6) is 0 Å². The number of carbonyl (C=O) groups is 1. The molecule has 24 heavy (non-hydrogen) atoms. The Morgan fingerprint density at radius 1 is 1.21 bits per heavy atom. The van der Waals surface area contributed by atoms with Gasteiger partial charge in [0.15, 0.2) is 9.84 Å². The molecule has 3 aromatic rings.